The van der Waals surface area contributed by atoms with Crippen molar-refractivity contribution in [3.8, 4) is 11.1 Å². The molecule has 0 aliphatic carbocycles. The fraction of sp³-hybridized carbons (Fsp3) is 0.100. The van der Waals surface area contributed by atoms with Gasteiger partial charge < -0.3 is 0 Å². The molecule has 0 atom stereocenters. The van der Waals surface area contributed by atoms with Crippen LogP contribution in [-0.4, -0.2) is 10.2 Å². The third-order valence-corrected chi connectivity index (χ3v) is 2.94. The highest BCUT2D eigenvalue weighted by atomic mass is 79.9. The van der Waals surface area contributed by atoms with Gasteiger partial charge in [0.15, 0.2) is 0 Å². The molecule has 0 unspecified atom stereocenters. The molecule has 1 aromatic heterocycles. The predicted octanol–water partition coefficient (Wildman–Crippen LogP) is 3.15. The minimum atomic E-state index is 1.12. The molecule has 66 valence electrons. The first-order valence-electron chi connectivity index (χ1n) is 4.03. The highest BCUT2D eigenvalue weighted by Gasteiger charge is 2.04. The molecule has 2 nitrogen and oxygen atoms in total. The van der Waals surface area contributed by atoms with E-state index in [0.717, 1.165) is 10.0 Å². The van der Waals surface area contributed by atoms with Gasteiger partial charge in [0.2, 0.25) is 0 Å². The third kappa shape index (κ3) is 1.52. The molecule has 2 aromatic rings. The molecule has 0 aliphatic heterocycles. The number of hydrogen-bond acceptors (Lipinski definition) is 1. The van der Waals surface area contributed by atoms with Gasteiger partial charge in [-0.25, -0.2) is 0 Å². The van der Waals surface area contributed by atoms with Gasteiger partial charge >= 0.3 is 0 Å². The Balaban J connectivity index is 2.59. The Morgan fingerprint density at radius 3 is 2.92 bits per heavy atom. The molecule has 1 heterocycles. The van der Waals surface area contributed by atoms with E-state index in [1.54, 1.807) is 0 Å². The Kier molecular flexibility index (Phi) is 2.19. The van der Waals surface area contributed by atoms with Crippen LogP contribution in [0.1, 0.15) is 5.56 Å². The summed E-state index contributed by atoms with van der Waals surface area (Å²) >= 11 is 3.50. The molecule has 0 aliphatic rings. The average Bonchev–Trinajstić information content (AvgIpc) is 2.62. The van der Waals surface area contributed by atoms with Crippen molar-refractivity contribution in [3.63, 3.8) is 0 Å². The van der Waals surface area contributed by atoms with Crippen molar-refractivity contribution in [3.05, 3.63) is 40.6 Å². The first-order valence-corrected chi connectivity index (χ1v) is 4.82. The topological polar surface area (TPSA) is 28.7 Å². The van der Waals surface area contributed by atoms with Gasteiger partial charge in [-0.1, -0.05) is 28.1 Å². The van der Waals surface area contributed by atoms with Gasteiger partial charge in [-0.15, -0.1) is 0 Å². The summed E-state index contributed by atoms with van der Waals surface area (Å²) in [6, 6.07) is 6.16. The molecule has 13 heavy (non-hydrogen) atoms. The Labute approximate surface area is 85.1 Å². The molecule has 0 radical (unpaired) electrons. The summed E-state index contributed by atoms with van der Waals surface area (Å²) in [4.78, 5) is 0. The lowest BCUT2D eigenvalue weighted by Crippen LogP contribution is -1.81. The molecule has 3 heteroatoms. The van der Waals surface area contributed by atoms with Crippen LogP contribution >= 0.6 is 15.9 Å². The first kappa shape index (κ1) is 8.51. The van der Waals surface area contributed by atoms with E-state index < -0.39 is 0 Å². The van der Waals surface area contributed by atoms with Gasteiger partial charge in [-0.05, 0) is 24.1 Å². The minimum absolute atomic E-state index is 1.12. The van der Waals surface area contributed by atoms with E-state index in [2.05, 4.69) is 39.1 Å². The number of nitrogens with one attached hydrogen (secondary N) is 1. The zero-order valence-corrected chi connectivity index (χ0v) is 8.80. The summed E-state index contributed by atoms with van der Waals surface area (Å²) in [6.45, 7) is 2.09. The maximum atomic E-state index is 3.93. The van der Waals surface area contributed by atoms with Crippen molar-refractivity contribution >= 4 is 15.9 Å². The molecule has 2 rings (SSSR count). The Morgan fingerprint density at radius 1 is 1.38 bits per heavy atom. The summed E-state index contributed by atoms with van der Waals surface area (Å²) in [6.07, 6.45) is 3.73. The summed E-state index contributed by atoms with van der Waals surface area (Å²) in [5.74, 6) is 0. The van der Waals surface area contributed by atoms with Crippen molar-refractivity contribution in [1.82, 2.24) is 10.2 Å². The second-order valence-electron chi connectivity index (χ2n) is 2.90. The van der Waals surface area contributed by atoms with Crippen LogP contribution in [0.3, 0.4) is 0 Å². The molecule has 0 saturated carbocycles. The number of aromatic amines is 1. The van der Waals surface area contributed by atoms with Crippen molar-refractivity contribution in [2.24, 2.45) is 0 Å². The van der Waals surface area contributed by atoms with E-state index in [-0.39, 0.29) is 0 Å². The van der Waals surface area contributed by atoms with E-state index >= 15 is 0 Å². The van der Waals surface area contributed by atoms with Crippen molar-refractivity contribution in [2.45, 2.75) is 6.92 Å². The summed E-state index contributed by atoms with van der Waals surface area (Å²) < 4.78 is 1.13. The average molecular weight is 237 g/mol. The zero-order chi connectivity index (χ0) is 9.26. The number of halogens is 1. The molecule has 0 bridgehead atoms. The summed E-state index contributed by atoms with van der Waals surface area (Å²) in [7, 11) is 0. The molecule has 0 spiro atoms. The molecular weight excluding hydrogens is 228 g/mol. The predicted molar refractivity (Wildman–Crippen MR) is 56.5 cm³/mol. The molecule has 0 saturated heterocycles. The second-order valence-corrected chi connectivity index (χ2v) is 3.75. The number of aromatic nitrogens is 2. The van der Waals surface area contributed by atoms with Gasteiger partial charge in [0.25, 0.3) is 0 Å². The van der Waals surface area contributed by atoms with Crippen molar-refractivity contribution in [1.29, 1.82) is 0 Å². The van der Waals surface area contributed by atoms with E-state index in [1.165, 1.54) is 11.1 Å². The number of H-pyrrole nitrogens is 1. The lowest BCUT2D eigenvalue weighted by molar-refractivity contribution is 1.09. The number of benzene rings is 1. The monoisotopic (exact) mass is 236 g/mol. The Morgan fingerprint density at radius 2 is 2.23 bits per heavy atom. The van der Waals surface area contributed by atoms with E-state index in [1.807, 2.05) is 24.5 Å². The lowest BCUT2D eigenvalue weighted by atomic mass is 10.0. The van der Waals surface area contributed by atoms with E-state index in [0.29, 0.717) is 0 Å². The normalized spacial score (nSPS) is 10.3. The SMILES string of the molecule is Cc1c(Br)cccc1-c1cn[nH]c1. The Hall–Kier alpha value is -1.09. The minimum Gasteiger partial charge on any atom is -0.285 e. The van der Waals surface area contributed by atoms with Crippen molar-refractivity contribution < 1.29 is 0 Å². The highest BCUT2D eigenvalue weighted by molar-refractivity contribution is 9.10. The van der Waals surface area contributed by atoms with Crippen LogP contribution < -0.4 is 0 Å². The van der Waals surface area contributed by atoms with Gasteiger partial charge in [-0.3, -0.25) is 5.10 Å². The van der Waals surface area contributed by atoms with Crippen LogP contribution in [0, 0.1) is 6.92 Å². The summed E-state index contributed by atoms with van der Waals surface area (Å²) in [5, 5.41) is 6.74. The van der Waals surface area contributed by atoms with Gasteiger partial charge in [0, 0.05) is 16.2 Å². The Bertz CT molecular complexity index is 407. The fourth-order valence-electron chi connectivity index (χ4n) is 1.32. The summed E-state index contributed by atoms with van der Waals surface area (Å²) in [5.41, 5.74) is 3.57. The standard InChI is InChI=1S/C10H9BrN2/c1-7-9(3-2-4-10(7)11)8-5-12-13-6-8/h2-6H,1H3,(H,12,13). The maximum Gasteiger partial charge on any atom is 0.0565 e. The van der Waals surface area contributed by atoms with Crippen molar-refractivity contribution in [2.75, 3.05) is 0 Å². The second kappa shape index (κ2) is 3.34. The van der Waals surface area contributed by atoms with Crippen LogP contribution in [-0.2, 0) is 0 Å². The molecule has 1 aromatic carbocycles. The van der Waals surface area contributed by atoms with Gasteiger partial charge in [-0.2, -0.15) is 5.10 Å². The zero-order valence-electron chi connectivity index (χ0n) is 7.21. The molecule has 0 fully saturated rings. The van der Waals surface area contributed by atoms with E-state index in [9.17, 15) is 0 Å². The number of nitrogens with zero attached hydrogens (tertiary/aromatic N) is 1. The molecular formula is C10H9BrN2. The quantitative estimate of drug-likeness (QED) is 0.810. The maximum absolute atomic E-state index is 3.93. The smallest absolute Gasteiger partial charge is 0.0565 e. The van der Waals surface area contributed by atoms with Crippen LogP contribution in [0.2, 0.25) is 0 Å². The van der Waals surface area contributed by atoms with Crippen LogP contribution in [0.25, 0.3) is 11.1 Å². The fourth-order valence-corrected chi connectivity index (χ4v) is 1.68. The van der Waals surface area contributed by atoms with Crippen LogP contribution in [0.15, 0.2) is 35.1 Å². The lowest BCUT2D eigenvalue weighted by Gasteiger charge is -2.04. The molecule has 0 amide bonds. The van der Waals surface area contributed by atoms with Gasteiger partial charge in [0.1, 0.15) is 0 Å². The highest BCUT2D eigenvalue weighted by Crippen LogP contribution is 2.27. The molecule has 1 N–H and O–H groups in total. The van der Waals surface area contributed by atoms with E-state index in [4.69, 9.17) is 0 Å². The number of rotatable bonds is 1. The van der Waals surface area contributed by atoms with Crippen LogP contribution in [0.4, 0.5) is 0 Å². The third-order valence-electron chi connectivity index (χ3n) is 2.08. The largest absolute Gasteiger partial charge is 0.285 e. The van der Waals surface area contributed by atoms with Crippen LogP contribution in [0.5, 0.6) is 0 Å². The first-order chi connectivity index (χ1) is 6.29. The number of hydrogen-bond donors (Lipinski definition) is 1. The van der Waals surface area contributed by atoms with Gasteiger partial charge in [0.05, 0.1) is 6.20 Å².